The van der Waals surface area contributed by atoms with Crippen molar-refractivity contribution in [2.45, 2.75) is 32.4 Å². The van der Waals surface area contributed by atoms with Crippen LogP contribution in [0.15, 0.2) is 18.2 Å². The van der Waals surface area contributed by atoms with Crippen LogP contribution in [0.2, 0.25) is 0 Å². The first-order valence-corrected chi connectivity index (χ1v) is 7.50. The number of carbonyl (C=O) groups excluding carboxylic acids is 3. The summed E-state index contributed by atoms with van der Waals surface area (Å²) >= 11 is 2.19. The first kappa shape index (κ1) is 15.0. The van der Waals surface area contributed by atoms with Crippen molar-refractivity contribution in [3.05, 3.63) is 32.9 Å². The number of fused-ring (bicyclic) bond motifs is 1. The SMILES string of the molecule is CCCC(C(=O)NC=O)N1Cc2c(I)cccc2C1=O. The van der Waals surface area contributed by atoms with E-state index in [1.807, 2.05) is 19.1 Å². The number of carbonyl (C=O) groups is 3. The number of imide groups is 1. The summed E-state index contributed by atoms with van der Waals surface area (Å²) in [4.78, 5) is 36.4. The van der Waals surface area contributed by atoms with E-state index >= 15 is 0 Å². The van der Waals surface area contributed by atoms with Crippen molar-refractivity contribution in [3.8, 4) is 0 Å². The van der Waals surface area contributed by atoms with E-state index in [2.05, 4.69) is 27.9 Å². The van der Waals surface area contributed by atoms with Gasteiger partial charge in [0.15, 0.2) is 0 Å². The van der Waals surface area contributed by atoms with Gasteiger partial charge in [0.05, 0.1) is 0 Å². The molecule has 106 valence electrons. The van der Waals surface area contributed by atoms with E-state index in [0.29, 0.717) is 24.9 Å². The molecule has 0 saturated carbocycles. The molecule has 1 heterocycles. The number of nitrogens with one attached hydrogen (secondary N) is 1. The highest BCUT2D eigenvalue weighted by Crippen LogP contribution is 2.29. The van der Waals surface area contributed by atoms with Crippen LogP contribution >= 0.6 is 22.6 Å². The molecule has 1 N–H and O–H groups in total. The predicted molar refractivity (Wildman–Crippen MR) is 81.9 cm³/mol. The van der Waals surface area contributed by atoms with Crippen LogP contribution in [0.25, 0.3) is 0 Å². The van der Waals surface area contributed by atoms with Gasteiger partial charge in [-0.1, -0.05) is 19.4 Å². The topological polar surface area (TPSA) is 66.5 Å². The molecule has 20 heavy (non-hydrogen) atoms. The first-order chi connectivity index (χ1) is 9.60. The van der Waals surface area contributed by atoms with Gasteiger partial charge in [0.1, 0.15) is 6.04 Å². The number of nitrogens with zero attached hydrogens (tertiary/aromatic N) is 1. The van der Waals surface area contributed by atoms with Crippen molar-refractivity contribution in [2.24, 2.45) is 0 Å². The van der Waals surface area contributed by atoms with Crippen LogP contribution in [0.4, 0.5) is 0 Å². The van der Waals surface area contributed by atoms with Crippen molar-refractivity contribution < 1.29 is 14.4 Å². The van der Waals surface area contributed by atoms with Gasteiger partial charge in [-0.2, -0.15) is 0 Å². The second-order valence-electron chi connectivity index (χ2n) is 4.63. The van der Waals surface area contributed by atoms with Gasteiger partial charge in [-0.05, 0) is 46.7 Å². The Bertz CT molecular complexity index is 559. The Balaban J connectivity index is 2.29. The lowest BCUT2D eigenvalue weighted by Crippen LogP contribution is -2.46. The predicted octanol–water partition coefficient (Wildman–Crippen LogP) is 1.69. The van der Waals surface area contributed by atoms with E-state index in [1.54, 1.807) is 11.0 Å². The maximum Gasteiger partial charge on any atom is 0.255 e. The van der Waals surface area contributed by atoms with E-state index in [1.165, 1.54) is 0 Å². The molecule has 0 fully saturated rings. The minimum atomic E-state index is -0.596. The van der Waals surface area contributed by atoms with Crippen LogP contribution in [-0.4, -0.2) is 29.2 Å². The fourth-order valence-electron chi connectivity index (χ4n) is 2.42. The van der Waals surface area contributed by atoms with Gasteiger partial charge in [-0.25, -0.2) is 0 Å². The highest BCUT2D eigenvalue weighted by atomic mass is 127. The van der Waals surface area contributed by atoms with Crippen molar-refractivity contribution in [3.63, 3.8) is 0 Å². The Morgan fingerprint density at radius 2 is 2.30 bits per heavy atom. The molecule has 3 amide bonds. The molecule has 0 aromatic heterocycles. The van der Waals surface area contributed by atoms with E-state index in [4.69, 9.17) is 0 Å². The molecule has 0 radical (unpaired) electrons. The normalized spacial score (nSPS) is 14.9. The lowest BCUT2D eigenvalue weighted by molar-refractivity contribution is -0.129. The van der Waals surface area contributed by atoms with E-state index < -0.39 is 11.9 Å². The van der Waals surface area contributed by atoms with E-state index in [-0.39, 0.29) is 5.91 Å². The second kappa shape index (κ2) is 6.34. The average Bonchev–Trinajstić information content (AvgIpc) is 2.75. The molecular formula is C14H15IN2O3. The monoisotopic (exact) mass is 386 g/mol. The summed E-state index contributed by atoms with van der Waals surface area (Å²) in [5, 5.41) is 2.15. The molecule has 5 nitrogen and oxygen atoms in total. The molecule has 0 spiro atoms. The Morgan fingerprint density at radius 3 is 2.90 bits per heavy atom. The molecular weight excluding hydrogens is 371 g/mol. The van der Waals surface area contributed by atoms with Crippen molar-refractivity contribution in [2.75, 3.05) is 0 Å². The summed E-state index contributed by atoms with van der Waals surface area (Å²) in [6.45, 7) is 2.36. The summed E-state index contributed by atoms with van der Waals surface area (Å²) in [5.74, 6) is -0.559. The molecule has 1 aromatic carbocycles. The van der Waals surface area contributed by atoms with Crippen LogP contribution in [0.1, 0.15) is 35.7 Å². The largest absolute Gasteiger partial charge is 0.322 e. The van der Waals surface area contributed by atoms with Crippen LogP contribution in [0.5, 0.6) is 0 Å². The second-order valence-corrected chi connectivity index (χ2v) is 5.79. The van der Waals surface area contributed by atoms with Gasteiger partial charge < -0.3 is 4.90 Å². The fourth-order valence-corrected chi connectivity index (χ4v) is 3.09. The third kappa shape index (κ3) is 2.70. The average molecular weight is 386 g/mol. The van der Waals surface area contributed by atoms with Crippen molar-refractivity contribution >= 4 is 40.8 Å². The van der Waals surface area contributed by atoms with Gasteiger partial charge in [-0.15, -0.1) is 0 Å². The Labute approximate surface area is 130 Å². The molecule has 1 aliphatic heterocycles. The molecule has 6 heteroatoms. The van der Waals surface area contributed by atoms with Crippen LogP contribution in [0, 0.1) is 3.57 Å². The molecule has 0 bridgehead atoms. The number of halogens is 1. The van der Waals surface area contributed by atoms with Gasteiger partial charge in [0.25, 0.3) is 5.91 Å². The third-order valence-electron chi connectivity index (χ3n) is 3.38. The van der Waals surface area contributed by atoms with Crippen LogP contribution in [0.3, 0.4) is 0 Å². The minimum Gasteiger partial charge on any atom is -0.322 e. The number of hydrogen-bond donors (Lipinski definition) is 1. The number of rotatable bonds is 5. The van der Waals surface area contributed by atoms with Crippen LogP contribution in [-0.2, 0) is 16.1 Å². The molecule has 1 unspecified atom stereocenters. The summed E-state index contributed by atoms with van der Waals surface area (Å²) < 4.78 is 1.02. The standard InChI is InChI=1S/C14H15IN2O3/c1-2-4-12(13(19)16-8-18)17-7-10-9(14(17)20)5-3-6-11(10)15/h3,5-6,8,12H,2,4,7H2,1H3,(H,16,18,19). The van der Waals surface area contributed by atoms with E-state index in [9.17, 15) is 14.4 Å². The van der Waals surface area contributed by atoms with Crippen LogP contribution < -0.4 is 5.32 Å². The quantitative estimate of drug-likeness (QED) is 0.619. The van der Waals surface area contributed by atoms with Gasteiger partial charge in [0, 0.05) is 15.7 Å². The zero-order chi connectivity index (χ0) is 14.7. The summed E-state index contributed by atoms with van der Waals surface area (Å²) in [7, 11) is 0. The lowest BCUT2D eigenvalue weighted by atomic mass is 10.1. The minimum absolute atomic E-state index is 0.141. The molecule has 2 rings (SSSR count). The molecule has 1 atom stereocenters. The summed E-state index contributed by atoms with van der Waals surface area (Å²) in [6.07, 6.45) is 1.66. The third-order valence-corrected chi connectivity index (χ3v) is 4.39. The first-order valence-electron chi connectivity index (χ1n) is 6.42. The summed E-state index contributed by atoms with van der Waals surface area (Å²) in [5.41, 5.74) is 1.61. The fraction of sp³-hybridized carbons (Fsp3) is 0.357. The van der Waals surface area contributed by atoms with Gasteiger partial charge >= 0.3 is 0 Å². The Hall–Kier alpha value is -1.44. The number of amides is 3. The molecule has 1 aromatic rings. The highest BCUT2D eigenvalue weighted by Gasteiger charge is 2.36. The lowest BCUT2D eigenvalue weighted by Gasteiger charge is -2.25. The Morgan fingerprint density at radius 1 is 1.55 bits per heavy atom. The van der Waals surface area contributed by atoms with Crippen molar-refractivity contribution in [1.29, 1.82) is 0 Å². The number of benzene rings is 1. The summed E-state index contributed by atoms with van der Waals surface area (Å²) in [6, 6.07) is 4.96. The molecule has 1 aliphatic rings. The maximum atomic E-state index is 12.4. The van der Waals surface area contributed by atoms with Gasteiger partial charge in [-0.3, -0.25) is 19.7 Å². The van der Waals surface area contributed by atoms with E-state index in [0.717, 1.165) is 15.6 Å². The Kier molecular flexibility index (Phi) is 4.74. The molecule has 0 saturated heterocycles. The highest BCUT2D eigenvalue weighted by molar-refractivity contribution is 14.1. The zero-order valence-electron chi connectivity index (χ0n) is 11.1. The van der Waals surface area contributed by atoms with Gasteiger partial charge in [0.2, 0.25) is 12.3 Å². The smallest absolute Gasteiger partial charge is 0.255 e. The zero-order valence-corrected chi connectivity index (χ0v) is 13.2. The van der Waals surface area contributed by atoms with Crippen molar-refractivity contribution in [1.82, 2.24) is 10.2 Å². The maximum absolute atomic E-state index is 12.4. The molecule has 0 aliphatic carbocycles. The number of hydrogen-bond acceptors (Lipinski definition) is 3.